The number of anilines is 1. The third-order valence-electron chi connectivity index (χ3n) is 5.23. The number of fused-ring (bicyclic) bond motifs is 1. The van der Waals surface area contributed by atoms with Crippen LogP contribution in [0.25, 0.3) is 16.9 Å². The summed E-state index contributed by atoms with van der Waals surface area (Å²) in [4.78, 5) is 21.5. The van der Waals surface area contributed by atoms with E-state index >= 15 is 0 Å². The van der Waals surface area contributed by atoms with Gasteiger partial charge >= 0.3 is 0 Å². The van der Waals surface area contributed by atoms with Crippen LogP contribution in [0.15, 0.2) is 73.2 Å². The van der Waals surface area contributed by atoms with Crippen molar-refractivity contribution >= 4 is 17.5 Å². The normalized spacial score (nSPS) is 11.3. The lowest BCUT2D eigenvalue weighted by atomic mass is 10.1. The minimum absolute atomic E-state index is 0.0216. The molecule has 0 spiro atoms. The van der Waals surface area contributed by atoms with Crippen LogP contribution >= 0.6 is 0 Å². The van der Waals surface area contributed by atoms with Crippen molar-refractivity contribution in [2.45, 2.75) is 19.9 Å². The molecule has 0 fully saturated rings. The molecule has 0 aliphatic carbocycles. The van der Waals surface area contributed by atoms with E-state index in [0.29, 0.717) is 17.8 Å². The summed E-state index contributed by atoms with van der Waals surface area (Å²) >= 11 is 0. The fourth-order valence-electron chi connectivity index (χ4n) is 3.65. The molecular formula is C24H19F2N7O. The first-order chi connectivity index (χ1) is 16.5. The highest BCUT2D eigenvalue weighted by molar-refractivity contribution is 6.07. The zero-order valence-electron chi connectivity index (χ0n) is 18.1. The Bertz CT molecular complexity index is 1480. The van der Waals surface area contributed by atoms with Gasteiger partial charge in [-0.3, -0.25) is 10.1 Å². The number of hydrogen-bond acceptors (Lipinski definition) is 5. The van der Waals surface area contributed by atoms with E-state index in [4.69, 9.17) is 0 Å². The van der Waals surface area contributed by atoms with E-state index in [2.05, 4.69) is 25.5 Å². The lowest BCUT2D eigenvalue weighted by Crippen LogP contribution is -2.14. The van der Waals surface area contributed by atoms with Gasteiger partial charge in [0.1, 0.15) is 17.6 Å². The number of aryl methyl sites for hydroxylation is 1. The van der Waals surface area contributed by atoms with Crippen LogP contribution in [0.3, 0.4) is 0 Å². The summed E-state index contributed by atoms with van der Waals surface area (Å²) in [7, 11) is 0. The van der Waals surface area contributed by atoms with Gasteiger partial charge in [-0.2, -0.15) is 5.10 Å². The first-order valence-electron chi connectivity index (χ1n) is 10.5. The van der Waals surface area contributed by atoms with Crippen LogP contribution in [-0.2, 0) is 6.54 Å². The predicted octanol–water partition coefficient (Wildman–Crippen LogP) is 4.53. The number of rotatable bonds is 6. The summed E-state index contributed by atoms with van der Waals surface area (Å²) in [6.07, 6.45) is -0.0840. The van der Waals surface area contributed by atoms with Gasteiger partial charge in [0, 0.05) is 5.56 Å². The molecule has 0 saturated heterocycles. The molecule has 5 aromatic rings. The first kappa shape index (κ1) is 21.4. The fraction of sp³-hybridized carbons (Fsp3) is 0.125. The second-order valence-electron chi connectivity index (χ2n) is 7.74. The molecule has 0 saturated carbocycles. The highest BCUT2D eigenvalue weighted by Crippen LogP contribution is 2.26. The minimum Gasteiger partial charge on any atom is -0.289 e. The summed E-state index contributed by atoms with van der Waals surface area (Å²) in [5.74, 6) is -0.508. The number of nitrogens with zero attached hydrogens (tertiary/aromatic N) is 6. The summed E-state index contributed by atoms with van der Waals surface area (Å²) in [6, 6.07) is 18.2. The van der Waals surface area contributed by atoms with Gasteiger partial charge in [0.05, 0.1) is 18.4 Å². The predicted molar refractivity (Wildman–Crippen MR) is 122 cm³/mol. The molecule has 0 aliphatic rings. The molecule has 5 rings (SSSR count). The van der Waals surface area contributed by atoms with Crippen LogP contribution < -0.4 is 5.32 Å². The highest BCUT2D eigenvalue weighted by atomic mass is 19.3. The third-order valence-corrected chi connectivity index (χ3v) is 5.23. The molecule has 170 valence electrons. The average Bonchev–Trinajstić information content (AvgIpc) is 3.45. The van der Waals surface area contributed by atoms with Crippen molar-refractivity contribution in [2.75, 3.05) is 5.32 Å². The number of amides is 1. The van der Waals surface area contributed by atoms with E-state index in [1.165, 1.54) is 18.6 Å². The van der Waals surface area contributed by atoms with Gasteiger partial charge in [-0.05, 0) is 18.6 Å². The summed E-state index contributed by atoms with van der Waals surface area (Å²) in [6.45, 7) is 2.49. The molecule has 1 amide bonds. The second-order valence-corrected chi connectivity index (χ2v) is 7.74. The summed E-state index contributed by atoms with van der Waals surface area (Å²) in [5, 5.41) is 10.9. The highest BCUT2D eigenvalue weighted by Gasteiger charge is 2.22. The van der Waals surface area contributed by atoms with E-state index in [1.54, 1.807) is 28.9 Å². The molecule has 10 heteroatoms. The van der Waals surface area contributed by atoms with Gasteiger partial charge in [0.2, 0.25) is 5.95 Å². The number of hydrogen-bond donors (Lipinski definition) is 1. The average molecular weight is 459 g/mol. The van der Waals surface area contributed by atoms with Crippen molar-refractivity contribution in [1.29, 1.82) is 0 Å². The van der Waals surface area contributed by atoms with E-state index in [9.17, 15) is 13.6 Å². The minimum atomic E-state index is -2.80. The van der Waals surface area contributed by atoms with E-state index in [-0.39, 0.29) is 22.9 Å². The topological polar surface area (TPSA) is 90.0 Å². The van der Waals surface area contributed by atoms with Gasteiger partial charge in [-0.1, -0.05) is 60.2 Å². The molecule has 1 N–H and O–H groups in total. The maximum atomic E-state index is 13.7. The molecule has 0 atom stereocenters. The Morgan fingerprint density at radius 3 is 2.68 bits per heavy atom. The van der Waals surface area contributed by atoms with Crippen LogP contribution in [0.1, 0.15) is 33.6 Å². The SMILES string of the molecule is Cc1cccc(Cn2cnc(NC(=O)c3cnn4c(C(F)F)cc(-c5ccccc5)nc34)n2)c1. The smallest absolute Gasteiger partial charge is 0.280 e. The summed E-state index contributed by atoms with van der Waals surface area (Å²) in [5.41, 5.74) is 2.84. The zero-order valence-corrected chi connectivity index (χ0v) is 18.1. The Balaban J connectivity index is 1.43. The Morgan fingerprint density at radius 1 is 1.09 bits per heavy atom. The quantitative estimate of drug-likeness (QED) is 0.403. The first-order valence-corrected chi connectivity index (χ1v) is 10.5. The van der Waals surface area contributed by atoms with Crippen molar-refractivity contribution in [3.63, 3.8) is 0 Å². The van der Waals surface area contributed by atoms with E-state index < -0.39 is 12.3 Å². The van der Waals surface area contributed by atoms with Crippen LogP contribution in [0, 0.1) is 6.92 Å². The number of aromatic nitrogens is 6. The third kappa shape index (κ3) is 4.25. The molecule has 3 heterocycles. The number of benzene rings is 2. The Hall–Kier alpha value is -4.47. The van der Waals surface area contributed by atoms with Crippen molar-refractivity contribution in [1.82, 2.24) is 29.4 Å². The number of alkyl halides is 2. The van der Waals surface area contributed by atoms with Crippen LogP contribution in [0.2, 0.25) is 0 Å². The van der Waals surface area contributed by atoms with Gasteiger partial charge in [-0.15, -0.1) is 5.10 Å². The van der Waals surface area contributed by atoms with Crippen LogP contribution in [0.5, 0.6) is 0 Å². The monoisotopic (exact) mass is 459 g/mol. The maximum Gasteiger partial charge on any atom is 0.280 e. The number of carbonyl (C=O) groups excluding carboxylic acids is 1. The van der Waals surface area contributed by atoms with Gasteiger partial charge in [0.15, 0.2) is 5.65 Å². The molecule has 0 aliphatic heterocycles. The number of carbonyl (C=O) groups is 1. The van der Waals surface area contributed by atoms with Crippen molar-refractivity contribution in [3.05, 3.63) is 95.6 Å². The molecular weight excluding hydrogens is 440 g/mol. The van der Waals surface area contributed by atoms with Crippen molar-refractivity contribution in [3.8, 4) is 11.3 Å². The molecule has 3 aromatic heterocycles. The molecule has 34 heavy (non-hydrogen) atoms. The standard InChI is InChI=1S/C24H19F2N7O/c1-15-6-5-7-16(10-15)13-32-14-27-24(31-32)30-23(34)18-12-28-33-20(21(25)26)11-19(29-22(18)33)17-8-3-2-4-9-17/h2-12,14,21H,13H2,1H3,(H,30,31,34). The van der Waals surface area contributed by atoms with Crippen LogP contribution in [-0.4, -0.2) is 35.3 Å². The van der Waals surface area contributed by atoms with E-state index in [0.717, 1.165) is 15.6 Å². The van der Waals surface area contributed by atoms with Gasteiger partial charge in [-0.25, -0.2) is 27.9 Å². The Kier molecular flexibility index (Phi) is 5.54. The molecule has 0 bridgehead atoms. The molecule has 0 radical (unpaired) electrons. The van der Waals surface area contributed by atoms with Gasteiger partial charge in [0.25, 0.3) is 12.3 Å². The molecule has 8 nitrogen and oxygen atoms in total. The second kappa shape index (κ2) is 8.81. The number of halogens is 2. The fourth-order valence-corrected chi connectivity index (χ4v) is 3.65. The Labute approximate surface area is 192 Å². The van der Waals surface area contributed by atoms with Crippen molar-refractivity contribution in [2.24, 2.45) is 0 Å². The Morgan fingerprint density at radius 2 is 1.91 bits per heavy atom. The lowest BCUT2D eigenvalue weighted by Gasteiger charge is -2.08. The van der Waals surface area contributed by atoms with Crippen molar-refractivity contribution < 1.29 is 13.6 Å². The molecule has 2 aromatic carbocycles. The van der Waals surface area contributed by atoms with Crippen LogP contribution in [0.4, 0.5) is 14.7 Å². The van der Waals surface area contributed by atoms with E-state index in [1.807, 2.05) is 37.3 Å². The largest absolute Gasteiger partial charge is 0.289 e. The maximum absolute atomic E-state index is 13.7. The lowest BCUT2D eigenvalue weighted by molar-refractivity contribution is 0.102. The summed E-state index contributed by atoms with van der Waals surface area (Å²) < 4.78 is 30.1. The van der Waals surface area contributed by atoms with Gasteiger partial charge < -0.3 is 0 Å². The zero-order chi connectivity index (χ0) is 23.7. The molecule has 0 unspecified atom stereocenters. The number of nitrogens with one attached hydrogen (secondary N) is 1.